The molecule has 1 aliphatic rings. The van der Waals surface area contributed by atoms with Gasteiger partial charge in [-0.15, -0.1) is 0 Å². The second kappa shape index (κ2) is 6.90. The van der Waals surface area contributed by atoms with Crippen molar-refractivity contribution in [2.75, 3.05) is 38.1 Å². The molecule has 0 aliphatic carbocycles. The van der Waals surface area contributed by atoms with E-state index in [1.54, 1.807) is 6.07 Å². The molecule has 1 fully saturated rings. The van der Waals surface area contributed by atoms with Crippen molar-refractivity contribution >= 4 is 21.6 Å². The molecule has 2 rings (SSSR count). The van der Waals surface area contributed by atoms with Crippen molar-refractivity contribution in [2.45, 2.75) is 13.0 Å². The van der Waals surface area contributed by atoms with Crippen LogP contribution in [0.5, 0.6) is 0 Å². The monoisotopic (exact) mass is 323 g/mol. The molecule has 19 heavy (non-hydrogen) atoms. The van der Waals surface area contributed by atoms with Crippen molar-refractivity contribution in [3.05, 3.63) is 28.2 Å². The van der Waals surface area contributed by atoms with E-state index in [0.29, 0.717) is 5.56 Å². The molecule has 1 aliphatic heterocycles. The van der Waals surface area contributed by atoms with Crippen molar-refractivity contribution < 1.29 is 4.74 Å². The van der Waals surface area contributed by atoms with Gasteiger partial charge in [-0.1, -0.05) is 22.9 Å². The molecule has 0 radical (unpaired) electrons. The Morgan fingerprint density at radius 1 is 1.53 bits per heavy atom. The molecule has 0 saturated carbocycles. The van der Waals surface area contributed by atoms with E-state index in [1.165, 1.54) is 0 Å². The highest BCUT2D eigenvalue weighted by atomic mass is 79.9. The highest BCUT2D eigenvalue weighted by molar-refractivity contribution is 9.10. The smallest absolute Gasteiger partial charge is 0.0992 e. The van der Waals surface area contributed by atoms with Gasteiger partial charge in [-0.05, 0) is 24.7 Å². The van der Waals surface area contributed by atoms with Crippen LogP contribution in [0.25, 0.3) is 0 Å². The van der Waals surface area contributed by atoms with Crippen LogP contribution in [0.3, 0.4) is 0 Å². The molecule has 1 aromatic rings. The largest absolute Gasteiger partial charge is 0.382 e. The average Bonchev–Trinajstić information content (AvgIpc) is 2.44. The number of hydrogen-bond donors (Lipinski definition) is 1. The first-order valence-electron chi connectivity index (χ1n) is 6.49. The van der Waals surface area contributed by atoms with E-state index in [1.807, 2.05) is 12.1 Å². The van der Waals surface area contributed by atoms with E-state index in [0.717, 1.165) is 42.9 Å². The Bertz CT molecular complexity index is 472. The second-order valence-electron chi connectivity index (χ2n) is 4.61. The highest BCUT2D eigenvalue weighted by Gasteiger charge is 2.18. The molecule has 1 N–H and O–H groups in total. The maximum Gasteiger partial charge on any atom is 0.0992 e. The predicted octanol–water partition coefficient (Wildman–Crippen LogP) is 2.45. The Kier molecular flexibility index (Phi) is 5.20. The van der Waals surface area contributed by atoms with Crippen LogP contribution < -0.4 is 5.32 Å². The number of nitrogens with one attached hydrogen (secondary N) is 1. The summed E-state index contributed by atoms with van der Waals surface area (Å²) < 4.78 is 6.65. The van der Waals surface area contributed by atoms with Gasteiger partial charge in [0.15, 0.2) is 0 Å². The molecule has 0 amide bonds. The Labute approximate surface area is 122 Å². The first-order valence-corrected chi connectivity index (χ1v) is 7.29. The molecule has 0 spiro atoms. The maximum absolute atomic E-state index is 8.94. The second-order valence-corrected chi connectivity index (χ2v) is 5.52. The quantitative estimate of drug-likeness (QED) is 0.924. The number of nitriles is 1. The predicted molar refractivity (Wildman–Crippen MR) is 79.2 cm³/mol. The number of ether oxygens (including phenoxy) is 1. The fourth-order valence-corrected chi connectivity index (χ4v) is 2.67. The fraction of sp³-hybridized carbons (Fsp3) is 0.500. The minimum Gasteiger partial charge on any atom is -0.382 e. The lowest BCUT2D eigenvalue weighted by molar-refractivity contribution is -0.0191. The number of likely N-dealkylation sites (N-methyl/N-ethyl adjacent to an activating group) is 1. The number of rotatable bonds is 4. The Morgan fingerprint density at radius 3 is 3.11 bits per heavy atom. The van der Waals surface area contributed by atoms with Crippen molar-refractivity contribution in [1.82, 2.24) is 4.90 Å². The zero-order chi connectivity index (χ0) is 13.7. The van der Waals surface area contributed by atoms with E-state index < -0.39 is 0 Å². The third kappa shape index (κ3) is 4.20. The van der Waals surface area contributed by atoms with E-state index in [9.17, 15) is 0 Å². The number of hydrogen-bond acceptors (Lipinski definition) is 4. The van der Waals surface area contributed by atoms with Crippen molar-refractivity contribution in [2.24, 2.45) is 0 Å². The summed E-state index contributed by atoms with van der Waals surface area (Å²) >= 11 is 3.41. The van der Waals surface area contributed by atoms with Gasteiger partial charge in [0.05, 0.1) is 24.3 Å². The van der Waals surface area contributed by atoms with Gasteiger partial charge in [0, 0.05) is 29.8 Å². The molecular weight excluding hydrogens is 306 g/mol. The van der Waals surface area contributed by atoms with Crippen LogP contribution in [-0.2, 0) is 4.74 Å². The Morgan fingerprint density at radius 2 is 2.37 bits per heavy atom. The van der Waals surface area contributed by atoms with E-state index in [2.05, 4.69) is 39.1 Å². The number of benzene rings is 1. The normalized spacial score (nSPS) is 19.9. The maximum atomic E-state index is 8.94. The molecule has 4 nitrogen and oxygen atoms in total. The third-order valence-corrected chi connectivity index (χ3v) is 3.69. The number of morpholine rings is 1. The van der Waals surface area contributed by atoms with Crippen molar-refractivity contribution in [3.63, 3.8) is 0 Å². The number of anilines is 1. The molecule has 0 bridgehead atoms. The van der Waals surface area contributed by atoms with Crippen LogP contribution >= 0.6 is 15.9 Å². The lowest BCUT2D eigenvalue weighted by Crippen LogP contribution is -2.45. The molecule has 1 saturated heterocycles. The number of halogens is 1. The van der Waals surface area contributed by atoms with Gasteiger partial charge in [-0.2, -0.15) is 5.26 Å². The van der Waals surface area contributed by atoms with Gasteiger partial charge in [-0.25, -0.2) is 0 Å². The van der Waals surface area contributed by atoms with Crippen LogP contribution in [0.1, 0.15) is 12.5 Å². The minimum atomic E-state index is 0.207. The summed E-state index contributed by atoms with van der Waals surface area (Å²) in [4.78, 5) is 2.39. The van der Waals surface area contributed by atoms with E-state index >= 15 is 0 Å². The van der Waals surface area contributed by atoms with Gasteiger partial charge < -0.3 is 10.1 Å². The lowest BCUT2D eigenvalue weighted by atomic mass is 10.2. The molecule has 0 aromatic heterocycles. The summed E-state index contributed by atoms with van der Waals surface area (Å²) in [5, 5.41) is 12.3. The van der Waals surface area contributed by atoms with Crippen molar-refractivity contribution in [3.8, 4) is 6.07 Å². The molecule has 1 unspecified atom stereocenters. The summed E-state index contributed by atoms with van der Waals surface area (Å²) in [6, 6.07) is 7.79. The van der Waals surface area contributed by atoms with Crippen LogP contribution in [0.2, 0.25) is 0 Å². The van der Waals surface area contributed by atoms with Crippen LogP contribution in [0.4, 0.5) is 5.69 Å². The van der Waals surface area contributed by atoms with Gasteiger partial charge in [-0.3, -0.25) is 4.90 Å². The van der Waals surface area contributed by atoms with E-state index in [4.69, 9.17) is 10.00 Å². The van der Waals surface area contributed by atoms with Crippen LogP contribution in [0, 0.1) is 11.3 Å². The van der Waals surface area contributed by atoms with Gasteiger partial charge in [0.1, 0.15) is 0 Å². The Hall–Kier alpha value is -1.09. The zero-order valence-corrected chi connectivity index (χ0v) is 12.6. The average molecular weight is 324 g/mol. The summed E-state index contributed by atoms with van der Waals surface area (Å²) in [5.41, 5.74) is 1.60. The van der Waals surface area contributed by atoms with Gasteiger partial charge in [0.2, 0.25) is 0 Å². The van der Waals surface area contributed by atoms with Crippen LogP contribution in [0.15, 0.2) is 22.7 Å². The molecule has 1 heterocycles. The third-order valence-electron chi connectivity index (χ3n) is 3.23. The molecule has 1 aromatic carbocycles. The molecular formula is C14H18BrN3O. The van der Waals surface area contributed by atoms with Crippen molar-refractivity contribution in [1.29, 1.82) is 5.26 Å². The van der Waals surface area contributed by atoms with Crippen LogP contribution in [-0.4, -0.2) is 43.8 Å². The molecule has 1 atom stereocenters. The lowest BCUT2D eigenvalue weighted by Gasteiger charge is -2.32. The summed E-state index contributed by atoms with van der Waals surface area (Å²) in [6.07, 6.45) is 0.207. The standard InChI is InChI=1S/C14H18BrN3O/c1-2-18-3-4-19-14(10-18)9-17-13-6-11(8-16)5-12(15)7-13/h5-7,14,17H,2-4,9-10H2,1H3. The first kappa shape index (κ1) is 14.3. The highest BCUT2D eigenvalue weighted by Crippen LogP contribution is 2.19. The first-order chi connectivity index (χ1) is 9.21. The molecule has 5 heteroatoms. The zero-order valence-electron chi connectivity index (χ0n) is 11.0. The summed E-state index contributed by atoms with van der Waals surface area (Å²) in [6.45, 7) is 6.77. The summed E-state index contributed by atoms with van der Waals surface area (Å²) in [7, 11) is 0. The minimum absolute atomic E-state index is 0.207. The fourth-order valence-electron chi connectivity index (χ4n) is 2.18. The Balaban J connectivity index is 1.91. The number of nitrogens with zero attached hydrogens (tertiary/aromatic N) is 2. The van der Waals surface area contributed by atoms with E-state index in [-0.39, 0.29) is 6.10 Å². The topological polar surface area (TPSA) is 48.3 Å². The summed E-state index contributed by atoms with van der Waals surface area (Å²) in [5.74, 6) is 0. The van der Waals surface area contributed by atoms with Gasteiger partial charge >= 0.3 is 0 Å². The molecule has 102 valence electrons. The van der Waals surface area contributed by atoms with Gasteiger partial charge in [0.25, 0.3) is 0 Å². The SMILES string of the molecule is CCN1CCOC(CNc2cc(Br)cc(C#N)c2)C1.